The van der Waals surface area contributed by atoms with Gasteiger partial charge in [0.1, 0.15) is 5.82 Å². The summed E-state index contributed by atoms with van der Waals surface area (Å²) in [5.74, 6) is 2.32. The van der Waals surface area contributed by atoms with Crippen LogP contribution in [0.5, 0.6) is 0 Å². The maximum Gasteiger partial charge on any atom is 0.205 e. The van der Waals surface area contributed by atoms with Gasteiger partial charge in [-0.05, 0) is 31.2 Å². The van der Waals surface area contributed by atoms with Crippen molar-refractivity contribution in [2.75, 3.05) is 5.73 Å². The number of nitrogen functional groups attached to an aromatic ring is 1. The van der Waals surface area contributed by atoms with Gasteiger partial charge in [0.2, 0.25) is 5.89 Å². The average Bonchev–Trinajstić information content (AvgIpc) is 2.94. The zero-order valence-electron chi connectivity index (χ0n) is 11.8. The first kappa shape index (κ1) is 14.9. The van der Waals surface area contributed by atoms with Crippen LogP contribution in [-0.2, 0) is 5.75 Å². The number of aromatic nitrogens is 3. The maximum atomic E-state index is 5.87. The number of hydrogen-bond donors (Lipinski definition) is 1. The third kappa shape index (κ3) is 3.58. The molecule has 0 fully saturated rings. The van der Waals surface area contributed by atoms with Crippen molar-refractivity contribution >= 4 is 29.2 Å². The molecule has 3 aromatic rings. The van der Waals surface area contributed by atoms with E-state index >= 15 is 0 Å². The Labute approximate surface area is 136 Å². The van der Waals surface area contributed by atoms with Gasteiger partial charge in [0.05, 0.1) is 11.9 Å². The molecule has 7 heteroatoms. The number of benzene rings is 1. The maximum absolute atomic E-state index is 5.87. The van der Waals surface area contributed by atoms with Gasteiger partial charge in [0, 0.05) is 22.3 Å². The molecule has 0 bridgehead atoms. The molecule has 0 radical (unpaired) electrons. The van der Waals surface area contributed by atoms with E-state index in [1.807, 2.05) is 31.2 Å². The van der Waals surface area contributed by atoms with E-state index in [4.69, 9.17) is 21.8 Å². The molecule has 5 nitrogen and oxygen atoms in total. The molecular formula is C15H13ClN4OS. The number of aryl methyl sites for hydroxylation is 1. The van der Waals surface area contributed by atoms with E-state index in [0.717, 1.165) is 11.3 Å². The summed E-state index contributed by atoms with van der Waals surface area (Å²) < 4.78 is 5.73. The second-order valence-corrected chi connectivity index (χ2v) is 6.01. The van der Waals surface area contributed by atoms with Crippen LogP contribution >= 0.6 is 23.4 Å². The molecule has 2 heterocycles. The van der Waals surface area contributed by atoms with E-state index < -0.39 is 0 Å². The van der Waals surface area contributed by atoms with Crippen LogP contribution in [0.4, 0.5) is 5.82 Å². The zero-order valence-corrected chi connectivity index (χ0v) is 13.4. The van der Waals surface area contributed by atoms with Gasteiger partial charge in [-0.1, -0.05) is 23.4 Å². The number of halogens is 1. The van der Waals surface area contributed by atoms with E-state index in [1.54, 1.807) is 12.3 Å². The van der Waals surface area contributed by atoms with Gasteiger partial charge in [-0.25, -0.2) is 15.0 Å². The highest BCUT2D eigenvalue weighted by Gasteiger charge is 2.08. The van der Waals surface area contributed by atoms with Crippen molar-refractivity contribution in [3.8, 4) is 11.3 Å². The Morgan fingerprint density at radius 1 is 1.23 bits per heavy atom. The molecule has 0 saturated heterocycles. The van der Waals surface area contributed by atoms with Crippen molar-refractivity contribution in [2.45, 2.75) is 17.8 Å². The van der Waals surface area contributed by atoms with Gasteiger partial charge in [0.15, 0.2) is 10.9 Å². The number of rotatable bonds is 4. The quantitative estimate of drug-likeness (QED) is 0.575. The van der Waals surface area contributed by atoms with Crippen molar-refractivity contribution in [3.63, 3.8) is 0 Å². The molecule has 0 spiro atoms. The third-order valence-electron chi connectivity index (χ3n) is 2.86. The standard InChI is InChI=1S/C15H13ClN4OS/c1-9-6-13(17)20-15(19-9)22-8-14-18-7-12(21-14)10-2-4-11(16)5-3-10/h2-7H,8H2,1H3,(H2,17,19,20). The van der Waals surface area contributed by atoms with Crippen molar-refractivity contribution in [1.29, 1.82) is 0 Å². The number of hydrogen-bond acceptors (Lipinski definition) is 6. The fourth-order valence-electron chi connectivity index (χ4n) is 1.88. The number of nitrogens with zero attached hydrogens (tertiary/aromatic N) is 3. The number of nitrogens with two attached hydrogens (primary N) is 1. The highest BCUT2D eigenvalue weighted by Crippen LogP contribution is 2.25. The Bertz CT molecular complexity index is 768. The minimum Gasteiger partial charge on any atom is -0.440 e. The minimum atomic E-state index is 0.462. The molecule has 2 aromatic heterocycles. The fourth-order valence-corrected chi connectivity index (χ4v) is 2.77. The predicted octanol–water partition coefficient (Wildman–Crippen LogP) is 3.97. The lowest BCUT2D eigenvalue weighted by atomic mass is 10.2. The summed E-state index contributed by atoms with van der Waals surface area (Å²) in [4.78, 5) is 12.7. The number of oxazole rings is 1. The Hall–Kier alpha value is -2.05. The third-order valence-corrected chi connectivity index (χ3v) is 3.94. The van der Waals surface area contributed by atoms with Crippen LogP contribution in [0.2, 0.25) is 5.02 Å². The highest BCUT2D eigenvalue weighted by molar-refractivity contribution is 7.98. The van der Waals surface area contributed by atoms with Gasteiger partial charge >= 0.3 is 0 Å². The van der Waals surface area contributed by atoms with Crippen molar-refractivity contribution in [1.82, 2.24) is 15.0 Å². The lowest BCUT2D eigenvalue weighted by Crippen LogP contribution is -1.96. The summed E-state index contributed by atoms with van der Waals surface area (Å²) in [5, 5.41) is 1.30. The van der Waals surface area contributed by atoms with Gasteiger partial charge in [-0.3, -0.25) is 0 Å². The Kier molecular flexibility index (Phi) is 4.31. The van der Waals surface area contributed by atoms with E-state index in [2.05, 4.69) is 15.0 Å². The molecule has 0 aliphatic carbocycles. The largest absolute Gasteiger partial charge is 0.440 e. The lowest BCUT2D eigenvalue weighted by molar-refractivity contribution is 0.530. The Morgan fingerprint density at radius 3 is 2.73 bits per heavy atom. The van der Waals surface area contributed by atoms with Crippen LogP contribution in [0.15, 0.2) is 46.1 Å². The van der Waals surface area contributed by atoms with Crippen LogP contribution in [-0.4, -0.2) is 15.0 Å². The molecule has 0 aliphatic rings. The molecular weight excluding hydrogens is 320 g/mol. The summed E-state index contributed by atoms with van der Waals surface area (Å²) in [5.41, 5.74) is 7.48. The monoisotopic (exact) mass is 332 g/mol. The molecule has 0 aliphatic heterocycles. The van der Waals surface area contributed by atoms with Crippen LogP contribution in [0.3, 0.4) is 0 Å². The second kappa shape index (κ2) is 6.37. The van der Waals surface area contributed by atoms with E-state index in [9.17, 15) is 0 Å². The van der Waals surface area contributed by atoms with Crippen molar-refractivity contribution in [3.05, 3.63) is 53.1 Å². The van der Waals surface area contributed by atoms with Gasteiger partial charge in [0.25, 0.3) is 0 Å². The molecule has 22 heavy (non-hydrogen) atoms. The van der Waals surface area contributed by atoms with E-state index in [0.29, 0.717) is 33.4 Å². The number of anilines is 1. The summed E-state index contributed by atoms with van der Waals surface area (Å²) in [6.45, 7) is 1.88. The molecule has 112 valence electrons. The Balaban J connectivity index is 1.70. The summed E-state index contributed by atoms with van der Waals surface area (Å²) in [7, 11) is 0. The first-order chi connectivity index (χ1) is 10.6. The minimum absolute atomic E-state index is 0.462. The SMILES string of the molecule is Cc1cc(N)nc(SCc2ncc(-c3ccc(Cl)cc3)o2)n1. The summed E-state index contributed by atoms with van der Waals surface area (Å²) >= 11 is 7.31. The Morgan fingerprint density at radius 2 is 2.00 bits per heavy atom. The molecule has 0 unspecified atom stereocenters. The van der Waals surface area contributed by atoms with Crippen LogP contribution < -0.4 is 5.73 Å². The lowest BCUT2D eigenvalue weighted by Gasteiger charge is -2.01. The number of thioether (sulfide) groups is 1. The van der Waals surface area contributed by atoms with Crippen LogP contribution in [0, 0.1) is 6.92 Å². The van der Waals surface area contributed by atoms with Crippen molar-refractivity contribution < 1.29 is 4.42 Å². The van der Waals surface area contributed by atoms with Gasteiger partial charge in [-0.2, -0.15) is 0 Å². The normalized spacial score (nSPS) is 10.8. The van der Waals surface area contributed by atoms with E-state index in [-0.39, 0.29) is 0 Å². The molecule has 0 amide bonds. The molecule has 0 atom stereocenters. The molecule has 2 N–H and O–H groups in total. The summed E-state index contributed by atoms with van der Waals surface area (Å²) in [6, 6.07) is 9.15. The summed E-state index contributed by atoms with van der Waals surface area (Å²) in [6.07, 6.45) is 1.70. The first-order valence-electron chi connectivity index (χ1n) is 6.55. The fraction of sp³-hybridized carbons (Fsp3) is 0.133. The van der Waals surface area contributed by atoms with Crippen LogP contribution in [0.25, 0.3) is 11.3 Å². The molecule has 1 aromatic carbocycles. The first-order valence-corrected chi connectivity index (χ1v) is 7.91. The van der Waals surface area contributed by atoms with Crippen LogP contribution in [0.1, 0.15) is 11.6 Å². The zero-order chi connectivity index (χ0) is 15.5. The van der Waals surface area contributed by atoms with Gasteiger partial charge in [-0.15, -0.1) is 0 Å². The average molecular weight is 333 g/mol. The molecule has 3 rings (SSSR count). The topological polar surface area (TPSA) is 77.8 Å². The van der Waals surface area contributed by atoms with Crippen molar-refractivity contribution in [2.24, 2.45) is 0 Å². The van der Waals surface area contributed by atoms with Gasteiger partial charge < -0.3 is 10.2 Å². The smallest absolute Gasteiger partial charge is 0.205 e. The van der Waals surface area contributed by atoms with E-state index in [1.165, 1.54) is 11.8 Å². The second-order valence-electron chi connectivity index (χ2n) is 4.63. The molecule has 0 saturated carbocycles. The highest BCUT2D eigenvalue weighted by atomic mass is 35.5. The predicted molar refractivity (Wildman–Crippen MR) is 87.7 cm³/mol.